The number of aliphatic hydroxyl groups excluding tert-OH is 1. The number of aliphatic hydroxyl groups is 1. The molecule has 96 valence electrons. The van der Waals surface area contributed by atoms with E-state index in [1.54, 1.807) is 17.4 Å². The van der Waals surface area contributed by atoms with Crippen molar-refractivity contribution in [2.75, 3.05) is 0 Å². The molecule has 0 fully saturated rings. The average Bonchev–Trinajstić information content (AvgIpc) is 2.89. The van der Waals surface area contributed by atoms with Gasteiger partial charge in [0.2, 0.25) is 0 Å². The van der Waals surface area contributed by atoms with E-state index in [-0.39, 0.29) is 5.82 Å². The van der Waals surface area contributed by atoms with E-state index in [1.807, 2.05) is 29.6 Å². The first-order valence-electron chi connectivity index (χ1n) is 5.76. The molecule has 19 heavy (non-hydrogen) atoms. The minimum Gasteiger partial charge on any atom is -0.384 e. The topological polar surface area (TPSA) is 20.2 Å². The molecule has 0 aliphatic carbocycles. The number of hydrogen-bond acceptors (Lipinski definition) is 2. The van der Waals surface area contributed by atoms with Gasteiger partial charge in [0, 0.05) is 20.3 Å². The van der Waals surface area contributed by atoms with Crippen molar-refractivity contribution in [3.8, 4) is 0 Å². The van der Waals surface area contributed by atoms with Gasteiger partial charge < -0.3 is 5.11 Å². The second-order valence-corrected chi connectivity index (χ2v) is 6.03. The van der Waals surface area contributed by atoms with Gasteiger partial charge in [0.25, 0.3) is 0 Å². The van der Waals surface area contributed by atoms with Crippen molar-refractivity contribution in [2.45, 2.75) is 6.10 Å². The van der Waals surface area contributed by atoms with Gasteiger partial charge in [0.1, 0.15) is 11.9 Å². The van der Waals surface area contributed by atoms with Crippen LogP contribution in [0.1, 0.15) is 17.2 Å². The van der Waals surface area contributed by atoms with Gasteiger partial charge in [0.15, 0.2) is 0 Å². The van der Waals surface area contributed by atoms with Gasteiger partial charge in [-0.3, -0.25) is 0 Å². The van der Waals surface area contributed by atoms with Gasteiger partial charge in [-0.25, -0.2) is 4.39 Å². The summed E-state index contributed by atoms with van der Waals surface area (Å²) < 4.78 is 15.1. The first-order valence-corrected chi connectivity index (χ1v) is 7.43. The standard InChI is InChI=1S/C15H10BrFOS/c16-13-5-4-10(17)8-12(13)14(18)11-3-1-2-9-6-7-19-15(9)11/h1-8,14,18H. The number of halogens is 2. The zero-order valence-corrected chi connectivity index (χ0v) is 12.2. The highest BCUT2D eigenvalue weighted by Crippen LogP contribution is 2.35. The smallest absolute Gasteiger partial charge is 0.123 e. The summed E-state index contributed by atoms with van der Waals surface area (Å²) in [5.41, 5.74) is 1.35. The first kappa shape index (κ1) is 12.8. The molecule has 1 heterocycles. The van der Waals surface area contributed by atoms with Crippen molar-refractivity contribution in [2.24, 2.45) is 0 Å². The molecule has 3 rings (SSSR count). The van der Waals surface area contributed by atoms with Crippen molar-refractivity contribution in [3.05, 3.63) is 69.3 Å². The maximum absolute atomic E-state index is 13.3. The molecule has 1 nitrogen and oxygen atoms in total. The number of hydrogen-bond donors (Lipinski definition) is 1. The Balaban J connectivity index is 2.15. The van der Waals surface area contributed by atoms with Crippen LogP contribution in [0.2, 0.25) is 0 Å². The summed E-state index contributed by atoms with van der Waals surface area (Å²) in [6.07, 6.45) is -0.840. The van der Waals surface area contributed by atoms with Crippen LogP contribution in [0.5, 0.6) is 0 Å². The maximum Gasteiger partial charge on any atom is 0.123 e. The predicted octanol–water partition coefficient (Wildman–Crippen LogP) is 4.88. The Labute approximate surface area is 122 Å². The lowest BCUT2D eigenvalue weighted by Crippen LogP contribution is -2.01. The normalized spacial score (nSPS) is 12.8. The maximum atomic E-state index is 13.3. The molecule has 3 aromatic rings. The van der Waals surface area contributed by atoms with E-state index < -0.39 is 6.10 Å². The Morgan fingerprint density at radius 2 is 1.95 bits per heavy atom. The van der Waals surface area contributed by atoms with Crippen LogP contribution in [0, 0.1) is 5.82 Å². The largest absolute Gasteiger partial charge is 0.384 e. The second kappa shape index (κ2) is 5.04. The molecule has 0 bridgehead atoms. The Morgan fingerprint density at radius 3 is 2.79 bits per heavy atom. The van der Waals surface area contributed by atoms with Crippen LogP contribution in [0.4, 0.5) is 4.39 Å². The van der Waals surface area contributed by atoms with E-state index in [2.05, 4.69) is 15.9 Å². The van der Waals surface area contributed by atoms with Crippen molar-refractivity contribution < 1.29 is 9.50 Å². The van der Waals surface area contributed by atoms with Crippen molar-refractivity contribution in [1.82, 2.24) is 0 Å². The third-order valence-electron chi connectivity index (χ3n) is 3.06. The fraction of sp³-hybridized carbons (Fsp3) is 0.0667. The molecule has 0 aliphatic heterocycles. The van der Waals surface area contributed by atoms with Crippen LogP contribution in [0.3, 0.4) is 0 Å². The van der Waals surface area contributed by atoms with E-state index in [4.69, 9.17) is 0 Å². The Hall–Kier alpha value is -1.23. The second-order valence-electron chi connectivity index (χ2n) is 4.25. The quantitative estimate of drug-likeness (QED) is 0.706. The average molecular weight is 337 g/mol. The van der Waals surface area contributed by atoms with Crippen LogP contribution >= 0.6 is 27.3 Å². The number of benzene rings is 2. The van der Waals surface area contributed by atoms with Gasteiger partial charge in [-0.05, 0) is 35.0 Å². The monoisotopic (exact) mass is 336 g/mol. The summed E-state index contributed by atoms with van der Waals surface area (Å²) >= 11 is 4.94. The third-order valence-corrected chi connectivity index (χ3v) is 4.76. The molecular formula is C15H10BrFOS. The van der Waals surface area contributed by atoms with E-state index in [9.17, 15) is 9.50 Å². The molecule has 1 atom stereocenters. The minimum atomic E-state index is -0.840. The lowest BCUT2D eigenvalue weighted by molar-refractivity contribution is 0.221. The Kier molecular flexibility index (Phi) is 3.39. The van der Waals surface area contributed by atoms with Crippen LogP contribution in [0.15, 0.2) is 52.3 Å². The molecular weight excluding hydrogens is 327 g/mol. The fourth-order valence-corrected chi connectivity index (χ4v) is 3.53. The SMILES string of the molecule is OC(c1cc(F)ccc1Br)c1cccc2ccsc12. The van der Waals surface area contributed by atoms with E-state index in [0.717, 1.165) is 15.6 Å². The van der Waals surface area contributed by atoms with Gasteiger partial charge >= 0.3 is 0 Å². The molecule has 0 saturated carbocycles. The Bertz CT molecular complexity index is 738. The summed E-state index contributed by atoms with van der Waals surface area (Å²) in [5.74, 6) is -0.351. The van der Waals surface area contributed by atoms with Crippen LogP contribution in [-0.4, -0.2) is 5.11 Å². The molecule has 4 heteroatoms. The summed E-state index contributed by atoms with van der Waals surface area (Å²) in [4.78, 5) is 0. The van der Waals surface area contributed by atoms with E-state index in [1.165, 1.54) is 12.1 Å². The predicted molar refractivity (Wildman–Crippen MR) is 80.0 cm³/mol. The minimum absolute atomic E-state index is 0.351. The highest BCUT2D eigenvalue weighted by molar-refractivity contribution is 9.10. The molecule has 0 radical (unpaired) electrons. The zero-order valence-electron chi connectivity index (χ0n) is 9.81. The molecule has 0 spiro atoms. The van der Waals surface area contributed by atoms with Crippen molar-refractivity contribution >= 4 is 37.4 Å². The third kappa shape index (κ3) is 2.31. The molecule has 0 aliphatic rings. The molecule has 1 N–H and O–H groups in total. The Morgan fingerprint density at radius 1 is 1.11 bits per heavy atom. The highest BCUT2D eigenvalue weighted by atomic mass is 79.9. The lowest BCUT2D eigenvalue weighted by atomic mass is 10.0. The van der Waals surface area contributed by atoms with Gasteiger partial charge in [-0.15, -0.1) is 11.3 Å². The molecule has 2 aromatic carbocycles. The summed E-state index contributed by atoms with van der Waals surface area (Å²) in [5, 5.41) is 13.6. The molecule has 1 unspecified atom stereocenters. The van der Waals surface area contributed by atoms with Crippen molar-refractivity contribution in [1.29, 1.82) is 0 Å². The molecule has 1 aromatic heterocycles. The highest BCUT2D eigenvalue weighted by Gasteiger charge is 2.17. The van der Waals surface area contributed by atoms with Crippen LogP contribution < -0.4 is 0 Å². The van der Waals surface area contributed by atoms with E-state index >= 15 is 0 Å². The number of fused-ring (bicyclic) bond motifs is 1. The van der Waals surface area contributed by atoms with Crippen LogP contribution in [0.25, 0.3) is 10.1 Å². The van der Waals surface area contributed by atoms with Gasteiger partial charge in [0.05, 0.1) is 0 Å². The summed E-state index contributed by atoms with van der Waals surface area (Å²) in [6, 6.07) is 12.1. The fourth-order valence-electron chi connectivity index (χ4n) is 2.12. The summed E-state index contributed by atoms with van der Waals surface area (Å²) in [6.45, 7) is 0. The summed E-state index contributed by atoms with van der Waals surface area (Å²) in [7, 11) is 0. The molecule has 0 saturated heterocycles. The van der Waals surface area contributed by atoms with Gasteiger partial charge in [-0.1, -0.05) is 34.1 Å². The first-order chi connectivity index (χ1) is 9.16. The van der Waals surface area contributed by atoms with Crippen molar-refractivity contribution in [3.63, 3.8) is 0 Å². The van der Waals surface area contributed by atoms with Crippen LogP contribution in [-0.2, 0) is 0 Å². The lowest BCUT2D eigenvalue weighted by Gasteiger charge is -2.14. The van der Waals surface area contributed by atoms with Gasteiger partial charge in [-0.2, -0.15) is 0 Å². The molecule has 0 amide bonds. The number of rotatable bonds is 2. The number of thiophene rings is 1. The van der Waals surface area contributed by atoms with E-state index in [0.29, 0.717) is 10.0 Å². The zero-order chi connectivity index (χ0) is 13.4.